The number of nitrogens with one attached hydrogen (secondary N) is 1. The van der Waals surface area contributed by atoms with Crippen LogP contribution in [0, 0.1) is 19.7 Å². The Balaban J connectivity index is 3.33. The summed E-state index contributed by atoms with van der Waals surface area (Å²) in [6.07, 6.45) is 0. The Labute approximate surface area is 111 Å². The molecule has 7 heteroatoms. The van der Waals surface area contributed by atoms with Crippen molar-refractivity contribution >= 4 is 27.3 Å². The average Bonchev–Trinajstić information content (AvgIpc) is 2.23. The van der Waals surface area contributed by atoms with E-state index in [1.807, 2.05) is 0 Å². The molecule has 0 saturated heterocycles. The van der Waals surface area contributed by atoms with E-state index in [2.05, 4.69) is 11.3 Å². The third kappa shape index (κ3) is 3.01. The van der Waals surface area contributed by atoms with Gasteiger partial charge in [-0.2, -0.15) is 0 Å². The maximum atomic E-state index is 13.3. The molecule has 0 atom stereocenters. The van der Waals surface area contributed by atoms with E-state index in [4.69, 9.17) is 17.3 Å². The van der Waals surface area contributed by atoms with Gasteiger partial charge in [-0.25, -0.2) is 17.5 Å². The van der Waals surface area contributed by atoms with Crippen LogP contribution in [0.5, 0.6) is 0 Å². The van der Waals surface area contributed by atoms with Crippen molar-refractivity contribution in [2.75, 3.05) is 12.3 Å². The lowest BCUT2D eigenvalue weighted by Crippen LogP contribution is -2.26. The van der Waals surface area contributed by atoms with Gasteiger partial charge in [0, 0.05) is 11.6 Å². The van der Waals surface area contributed by atoms with Crippen LogP contribution in [0.4, 0.5) is 10.1 Å². The van der Waals surface area contributed by atoms with Crippen molar-refractivity contribution in [2.45, 2.75) is 18.7 Å². The Morgan fingerprint density at radius 2 is 2.11 bits per heavy atom. The first-order chi connectivity index (χ1) is 8.16. The number of rotatable bonds is 4. The maximum absolute atomic E-state index is 13.3. The van der Waals surface area contributed by atoms with E-state index >= 15 is 0 Å². The van der Waals surface area contributed by atoms with Crippen LogP contribution in [-0.2, 0) is 10.0 Å². The molecule has 0 radical (unpaired) electrons. The fourth-order valence-electron chi connectivity index (χ4n) is 1.59. The number of nitrogens with two attached hydrogens (primary N) is 1. The van der Waals surface area contributed by atoms with Gasteiger partial charge >= 0.3 is 0 Å². The van der Waals surface area contributed by atoms with E-state index in [9.17, 15) is 12.8 Å². The molecule has 0 heterocycles. The monoisotopic (exact) mass is 292 g/mol. The number of anilines is 1. The summed E-state index contributed by atoms with van der Waals surface area (Å²) in [5, 5.41) is 0.156. The molecule has 0 amide bonds. The van der Waals surface area contributed by atoms with E-state index < -0.39 is 15.8 Å². The normalized spacial score (nSPS) is 11.6. The van der Waals surface area contributed by atoms with Gasteiger partial charge in [-0.1, -0.05) is 18.2 Å². The first-order valence-corrected chi connectivity index (χ1v) is 6.91. The molecule has 0 saturated carbocycles. The molecule has 1 rings (SSSR count). The topological polar surface area (TPSA) is 72.2 Å². The van der Waals surface area contributed by atoms with Gasteiger partial charge < -0.3 is 5.73 Å². The molecule has 0 aromatic heterocycles. The minimum Gasteiger partial charge on any atom is -0.396 e. The zero-order valence-corrected chi connectivity index (χ0v) is 11.6. The largest absolute Gasteiger partial charge is 0.396 e. The van der Waals surface area contributed by atoms with E-state index in [0.29, 0.717) is 0 Å². The third-order valence-electron chi connectivity index (χ3n) is 2.43. The van der Waals surface area contributed by atoms with Gasteiger partial charge in [0.25, 0.3) is 0 Å². The Bertz CT molecular complexity index is 600. The number of hydrogen-bond donors (Lipinski definition) is 2. The number of nitrogen functional groups attached to an aromatic ring is 1. The molecule has 1 aromatic rings. The molecular formula is C11H14ClFN2O2S. The van der Waals surface area contributed by atoms with Crippen LogP contribution in [0.15, 0.2) is 22.6 Å². The molecule has 100 valence electrons. The van der Waals surface area contributed by atoms with Crippen LogP contribution in [0.1, 0.15) is 11.1 Å². The van der Waals surface area contributed by atoms with Crippen molar-refractivity contribution in [3.63, 3.8) is 0 Å². The van der Waals surface area contributed by atoms with E-state index in [1.54, 1.807) is 0 Å². The average molecular weight is 293 g/mol. The van der Waals surface area contributed by atoms with E-state index in [1.165, 1.54) is 13.8 Å². The summed E-state index contributed by atoms with van der Waals surface area (Å²) in [6, 6.07) is 1.09. The zero-order chi connectivity index (χ0) is 14.1. The van der Waals surface area contributed by atoms with E-state index in [-0.39, 0.29) is 33.3 Å². The highest BCUT2D eigenvalue weighted by atomic mass is 35.5. The molecular weight excluding hydrogens is 279 g/mol. The van der Waals surface area contributed by atoms with Crippen molar-refractivity contribution in [2.24, 2.45) is 0 Å². The number of aryl methyl sites for hydroxylation is 1. The molecule has 0 unspecified atom stereocenters. The molecule has 0 bridgehead atoms. The summed E-state index contributed by atoms with van der Waals surface area (Å²) in [7, 11) is -3.80. The molecule has 0 aliphatic rings. The summed E-state index contributed by atoms with van der Waals surface area (Å²) >= 11 is 5.50. The van der Waals surface area contributed by atoms with E-state index in [0.717, 1.165) is 6.07 Å². The van der Waals surface area contributed by atoms with Crippen LogP contribution in [0.25, 0.3) is 0 Å². The number of hydrogen-bond acceptors (Lipinski definition) is 3. The minimum atomic E-state index is -3.80. The lowest BCUT2D eigenvalue weighted by Gasteiger charge is -2.14. The molecule has 18 heavy (non-hydrogen) atoms. The summed E-state index contributed by atoms with van der Waals surface area (Å²) in [4.78, 5) is -0.0284. The Morgan fingerprint density at radius 3 is 2.61 bits per heavy atom. The van der Waals surface area contributed by atoms with Gasteiger partial charge in [-0.05, 0) is 31.0 Å². The quantitative estimate of drug-likeness (QED) is 0.834. The highest BCUT2D eigenvalue weighted by Crippen LogP contribution is 2.27. The second kappa shape index (κ2) is 5.26. The molecule has 0 aliphatic carbocycles. The third-order valence-corrected chi connectivity index (χ3v) is 4.25. The van der Waals surface area contributed by atoms with Crippen molar-refractivity contribution < 1.29 is 12.8 Å². The standard InChI is InChI=1S/C11H14ClFN2O2S/c1-6-4-9(13)10(14)8(3)11(6)18(16,17)15-5-7(2)12/h4,15H,2,5,14H2,1,3H3. The predicted molar refractivity (Wildman–Crippen MR) is 70.5 cm³/mol. The highest BCUT2D eigenvalue weighted by molar-refractivity contribution is 7.89. The first kappa shape index (κ1) is 14.9. The lowest BCUT2D eigenvalue weighted by molar-refractivity contribution is 0.582. The zero-order valence-electron chi connectivity index (χ0n) is 10.0. The van der Waals surface area contributed by atoms with Crippen molar-refractivity contribution in [1.29, 1.82) is 0 Å². The molecule has 4 nitrogen and oxygen atoms in total. The van der Waals surface area contributed by atoms with Gasteiger partial charge in [-0.15, -0.1) is 0 Å². The predicted octanol–water partition coefficient (Wildman–Crippen LogP) is 2.06. The highest BCUT2D eigenvalue weighted by Gasteiger charge is 2.22. The molecule has 1 aromatic carbocycles. The van der Waals surface area contributed by atoms with Crippen LogP contribution in [0.2, 0.25) is 0 Å². The Morgan fingerprint density at radius 1 is 1.56 bits per heavy atom. The SMILES string of the molecule is C=C(Cl)CNS(=O)(=O)c1c(C)cc(F)c(N)c1C. The van der Waals surface area contributed by atoms with Crippen LogP contribution >= 0.6 is 11.6 Å². The van der Waals surface area contributed by atoms with Gasteiger partial charge in [0.1, 0.15) is 5.82 Å². The van der Waals surface area contributed by atoms with Gasteiger partial charge in [0.05, 0.1) is 10.6 Å². The van der Waals surface area contributed by atoms with Gasteiger partial charge in [-0.3, -0.25) is 0 Å². The second-order valence-electron chi connectivity index (χ2n) is 3.88. The smallest absolute Gasteiger partial charge is 0.241 e. The van der Waals surface area contributed by atoms with Crippen LogP contribution < -0.4 is 10.5 Å². The number of halogens is 2. The summed E-state index contributed by atoms with van der Waals surface area (Å²) in [5.74, 6) is -0.634. The summed E-state index contributed by atoms with van der Waals surface area (Å²) in [5.41, 5.74) is 5.78. The molecule has 0 aliphatic heterocycles. The van der Waals surface area contributed by atoms with Crippen molar-refractivity contribution in [3.8, 4) is 0 Å². The molecule has 3 N–H and O–H groups in total. The summed E-state index contributed by atoms with van der Waals surface area (Å²) in [6.45, 7) is 6.24. The number of sulfonamides is 1. The minimum absolute atomic E-state index is 0.0284. The van der Waals surface area contributed by atoms with Crippen LogP contribution in [-0.4, -0.2) is 15.0 Å². The fraction of sp³-hybridized carbons (Fsp3) is 0.273. The van der Waals surface area contributed by atoms with Gasteiger partial charge in [0.2, 0.25) is 10.0 Å². The lowest BCUT2D eigenvalue weighted by atomic mass is 10.1. The summed E-state index contributed by atoms with van der Waals surface area (Å²) < 4.78 is 39.7. The first-order valence-electron chi connectivity index (χ1n) is 5.05. The van der Waals surface area contributed by atoms with Crippen molar-refractivity contribution in [1.82, 2.24) is 4.72 Å². The fourth-order valence-corrected chi connectivity index (χ4v) is 3.24. The van der Waals surface area contributed by atoms with Gasteiger partial charge in [0.15, 0.2) is 0 Å². The van der Waals surface area contributed by atoms with Crippen LogP contribution in [0.3, 0.4) is 0 Å². The van der Waals surface area contributed by atoms with Crippen molar-refractivity contribution in [3.05, 3.63) is 34.6 Å². The molecule has 0 fully saturated rings. The molecule has 0 spiro atoms. The Hall–Kier alpha value is -1.11. The number of benzene rings is 1. The Kier molecular flexibility index (Phi) is 4.37. The second-order valence-corrected chi connectivity index (χ2v) is 6.12. The maximum Gasteiger partial charge on any atom is 0.241 e.